The molecule has 2 aliphatic rings. The van der Waals surface area contributed by atoms with Gasteiger partial charge in [-0.05, 0) is 38.2 Å². The first-order valence-corrected chi connectivity index (χ1v) is 18.6. The van der Waals surface area contributed by atoms with Crippen LogP contribution in [0.2, 0.25) is 0 Å². The van der Waals surface area contributed by atoms with Crippen molar-refractivity contribution in [3.63, 3.8) is 0 Å². The number of amides is 2. The highest BCUT2D eigenvalue weighted by molar-refractivity contribution is 8.05. The summed E-state index contributed by atoms with van der Waals surface area (Å²) in [5.74, 6) is -3.18. The third-order valence-electron chi connectivity index (χ3n) is 7.42. The van der Waals surface area contributed by atoms with Crippen LogP contribution < -0.4 is 11.1 Å². The van der Waals surface area contributed by atoms with Crippen molar-refractivity contribution in [3.8, 4) is 0 Å². The Kier molecular flexibility index (Phi) is 12.0. The van der Waals surface area contributed by atoms with E-state index in [-0.39, 0.29) is 22.2 Å². The first-order chi connectivity index (χ1) is 24.4. The van der Waals surface area contributed by atoms with Gasteiger partial charge in [0.2, 0.25) is 13.4 Å². The number of aromatic nitrogens is 1. The zero-order valence-electron chi connectivity index (χ0n) is 28.0. The summed E-state index contributed by atoms with van der Waals surface area (Å²) in [6, 6.07) is 17.3. The number of esters is 3. The number of fused-ring (bicyclic) bond motifs is 1. The maximum Gasteiger partial charge on any atom is 0.358 e. The SMILES string of the molecule is CSC1=C(C(=O)OCOC(=O)C(C)(C)C)N2C(=O)C(NC(=O)C(=NOCC(=O)OC(c3ccccc3)c3ccccc3)c3csc(N)n3)[C@@H]2SC1. The van der Waals surface area contributed by atoms with Gasteiger partial charge in [0.05, 0.1) is 5.41 Å². The summed E-state index contributed by atoms with van der Waals surface area (Å²) >= 11 is 3.67. The molecule has 2 aliphatic heterocycles. The van der Waals surface area contributed by atoms with E-state index in [0.29, 0.717) is 10.7 Å². The molecule has 0 spiro atoms. The highest BCUT2D eigenvalue weighted by Crippen LogP contribution is 2.43. The standard InChI is InChI=1S/C34H35N5O9S3/c1-34(2,3)32(44)46-18-45-31(43)26-22(49-4)17-50-30-25(29(42)39(26)30)37-28(41)24(21-16-51-33(35)36-21)38-47-15-23(40)48-27(19-11-7-5-8-12-19)20-13-9-6-10-14-20/h5-14,16,25,27,30H,15,17-18H2,1-4H3,(H2,35,36)(H,37,41)/t25?,30-/m0/s1. The number of thiazole rings is 1. The first kappa shape index (κ1) is 37.4. The zero-order chi connectivity index (χ0) is 36.7. The molecule has 5 rings (SSSR count). The normalized spacial score (nSPS) is 17.3. The number of hydrogen-bond donors (Lipinski definition) is 2. The number of oxime groups is 1. The van der Waals surface area contributed by atoms with Crippen molar-refractivity contribution in [3.05, 3.63) is 93.5 Å². The number of nitrogens with two attached hydrogens (primary N) is 1. The van der Waals surface area contributed by atoms with Crippen molar-refractivity contribution >= 4 is 75.4 Å². The van der Waals surface area contributed by atoms with E-state index < -0.39 is 66.1 Å². The number of benzene rings is 2. The van der Waals surface area contributed by atoms with Gasteiger partial charge in [0.25, 0.3) is 11.8 Å². The fourth-order valence-corrected chi connectivity index (χ4v) is 7.66. The maximum atomic E-state index is 13.6. The molecule has 3 N–H and O–H groups in total. The molecular weight excluding hydrogens is 719 g/mol. The van der Waals surface area contributed by atoms with Gasteiger partial charge in [-0.2, -0.15) is 0 Å². The number of nitrogens with zero attached hydrogens (tertiary/aromatic N) is 3. The predicted octanol–water partition coefficient (Wildman–Crippen LogP) is 3.84. The smallest absolute Gasteiger partial charge is 0.358 e. The number of β-lactam (4-membered cyclic amide) rings is 1. The zero-order valence-corrected chi connectivity index (χ0v) is 30.5. The van der Waals surface area contributed by atoms with Crippen molar-refractivity contribution in [1.29, 1.82) is 0 Å². The largest absolute Gasteiger partial charge is 0.450 e. The number of ether oxygens (including phenoxy) is 3. The Bertz CT molecular complexity index is 1800. The molecule has 1 fully saturated rings. The molecule has 1 saturated heterocycles. The van der Waals surface area contributed by atoms with Crippen LogP contribution in [-0.4, -0.2) is 82.1 Å². The number of carbonyl (C=O) groups excluding carboxylic acids is 5. The van der Waals surface area contributed by atoms with Crippen molar-refractivity contribution in [1.82, 2.24) is 15.2 Å². The van der Waals surface area contributed by atoms with Gasteiger partial charge in [0, 0.05) is 16.0 Å². The summed E-state index contributed by atoms with van der Waals surface area (Å²) < 4.78 is 16.0. The molecule has 51 heavy (non-hydrogen) atoms. The lowest BCUT2D eigenvalue weighted by molar-refractivity contribution is -0.173. The third kappa shape index (κ3) is 8.90. The molecule has 0 saturated carbocycles. The molecule has 0 aliphatic carbocycles. The van der Waals surface area contributed by atoms with Gasteiger partial charge < -0.3 is 30.1 Å². The Morgan fingerprint density at radius 1 is 1.06 bits per heavy atom. The number of hydrogen-bond acceptors (Lipinski definition) is 15. The second-order valence-electron chi connectivity index (χ2n) is 12.0. The van der Waals surface area contributed by atoms with Gasteiger partial charge >= 0.3 is 17.9 Å². The molecule has 268 valence electrons. The van der Waals surface area contributed by atoms with E-state index in [1.165, 1.54) is 33.8 Å². The van der Waals surface area contributed by atoms with Crippen LogP contribution in [0.5, 0.6) is 0 Å². The molecule has 2 amide bonds. The van der Waals surface area contributed by atoms with Gasteiger partial charge in [-0.15, -0.1) is 34.9 Å². The molecule has 0 bridgehead atoms. The molecule has 17 heteroatoms. The Balaban J connectivity index is 1.25. The van der Waals surface area contributed by atoms with Gasteiger partial charge in [-0.1, -0.05) is 65.8 Å². The minimum Gasteiger partial charge on any atom is -0.450 e. The highest BCUT2D eigenvalue weighted by atomic mass is 32.2. The Hall–Kier alpha value is -4.87. The molecule has 3 aromatic rings. The highest BCUT2D eigenvalue weighted by Gasteiger charge is 2.55. The molecule has 0 radical (unpaired) electrons. The molecule has 2 atom stereocenters. The molecule has 14 nitrogen and oxygen atoms in total. The predicted molar refractivity (Wildman–Crippen MR) is 192 cm³/mol. The van der Waals surface area contributed by atoms with Crippen LogP contribution in [0, 0.1) is 5.41 Å². The van der Waals surface area contributed by atoms with Crippen molar-refractivity contribution in [2.24, 2.45) is 10.6 Å². The lowest BCUT2D eigenvalue weighted by atomic mass is 9.98. The van der Waals surface area contributed by atoms with Crippen LogP contribution in [0.25, 0.3) is 0 Å². The molecule has 2 aromatic carbocycles. The quantitative estimate of drug-likeness (QED) is 0.0843. The fourth-order valence-electron chi connectivity index (χ4n) is 4.87. The van der Waals surface area contributed by atoms with Gasteiger partial charge in [-0.25, -0.2) is 14.6 Å². The second-order valence-corrected chi connectivity index (χ2v) is 14.9. The topological polar surface area (TPSA) is 189 Å². The average molecular weight is 754 g/mol. The third-order valence-corrected chi connectivity index (χ3v) is 10.4. The van der Waals surface area contributed by atoms with Crippen LogP contribution in [-0.2, 0) is 43.0 Å². The summed E-state index contributed by atoms with van der Waals surface area (Å²) in [5, 5.41) is 7.54. The van der Waals surface area contributed by atoms with E-state index in [9.17, 15) is 24.0 Å². The van der Waals surface area contributed by atoms with Crippen LogP contribution in [0.15, 0.2) is 81.8 Å². The van der Waals surface area contributed by atoms with Crippen LogP contribution >= 0.6 is 34.9 Å². The van der Waals surface area contributed by atoms with Crippen LogP contribution in [0.4, 0.5) is 5.13 Å². The minimum absolute atomic E-state index is 0.0147. The molecular formula is C34H35N5O9S3. The number of carbonyl (C=O) groups is 5. The van der Waals surface area contributed by atoms with Crippen molar-refractivity contribution in [2.45, 2.75) is 38.3 Å². The summed E-state index contributed by atoms with van der Waals surface area (Å²) in [4.78, 5) is 76.4. The van der Waals surface area contributed by atoms with E-state index in [2.05, 4.69) is 15.5 Å². The summed E-state index contributed by atoms with van der Waals surface area (Å²) in [7, 11) is 0. The minimum atomic E-state index is -1.05. The number of nitrogens with one attached hydrogen (secondary N) is 1. The molecule has 1 unspecified atom stereocenters. The van der Waals surface area contributed by atoms with Gasteiger partial charge in [-0.3, -0.25) is 19.3 Å². The Morgan fingerprint density at radius 3 is 2.27 bits per heavy atom. The van der Waals surface area contributed by atoms with Crippen molar-refractivity contribution < 1.29 is 43.0 Å². The molecule has 3 heterocycles. The van der Waals surface area contributed by atoms with E-state index >= 15 is 0 Å². The van der Waals surface area contributed by atoms with Crippen LogP contribution in [0.1, 0.15) is 43.7 Å². The summed E-state index contributed by atoms with van der Waals surface area (Å²) in [6.45, 7) is 3.73. The monoisotopic (exact) mass is 753 g/mol. The lowest BCUT2D eigenvalue weighted by Gasteiger charge is -2.49. The van der Waals surface area contributed by atoms with E-state index in [1.54, 1.807) is 27.0 Å². The second kappa shape index (κ2) is 16.4. The average Bonchev–Trinajstić information content (AvgIpc) is 3.56. The Morgan fingerprint density at radius 2 is 1.71 bits per heavy atom. The van der Waals surface area contributed by atoms with E-state index in [0.717, 1.165) is 22.5 Å². The maximum absolute atomic E-state index is 13.6. The van der Waals surface area contributed by atoms with Crippen LogP contribution in [0.3, 0.4) is 0 Å². The van der Waals surface area contributed by atoms with E-state index in [4.69, 9.17) is 24.8 Å². The summed E-state index contributed by atoms with van der Waals surface area (Å²) in [6.07, 6.45) is 1.05. The lowest BCUT2D eigenvalue weighted by Crippen LogP contribution is -2.71. The first-order valence-electron chi connectivity index (χ1n) is 15.5. The number of rotatable bonds is 13. The number of anilines is 1. The summed E-state index contributed by atoms with van der Waals surface area (Å²) in [5.41, 5.74) is 6.26. The number of nitrogen functional groups attached to an aromatic ring is 1. The fraction of sp³-hybridized carbons (Fsp3) is 0.324. The van der Waals surface area contributed by atoms with Crippen molar-refractivity contribution in [2.75, 3.05) is 31.1 Å². The molecule has 1 aromatic heterocycles. The van der Waals surface area contributed by atoms with Gasteiger partial charge in [0.1, 0.15) is 22.8 Å². The Labute approximate surface area is 306 Å². The van der Waals surface area contributed by atoms with E-state index in [1.807, 2.05) is 60.7 Å². The number of thioether (sulfide) groups is 2. The van der Waals surface area contributed by atoms with Gasteiger partial charge in [0.15, 0.2) is 16.9 Å².